The van der Waals surface area contributed by atoms with Crippen LogP contribution in [0.4, 0.5) is 0 Å². The third-order valence-electron chi connectivity index (χ3n) is 2.11. The minimum absolute atomic E-state index is 0.226. The first-order valence-electron chi connectivity index (χ1n) is 5.90. The second kappa shape index (κ2) is 7.66. The Bertz CT molecular complexity index is 163. The van der Waals surface area contributed by atoms with Crippen molar-refractivity contribution in [2.24, 2.45) is 0 Å². The Morgan fingerprint density at radius 1 is 0.938 bits per heavy atom. The quantitative estimate of drug-likeness (QED) is 0.548. The number of nitrogens with one attached hydrogen (secondary N) is 1. The summed E-state index contributed by atoms with van der Waals surface area (Å²) >= 11 is -0.226. The van der Waals surface area contributed by atoms with Crippen LogP contribution in [-0.4, -0.2) is 75.1 Å². The SMILES string of the molecule is CC(C)NC(N(C)C)[N]([Ge][N](C)C)C(C)C. The van der Waals surface area contributed by atoms with E-state index in [1.54, 1.807) is 0 Å². The predicted molar refractivity (Wildman–Crippen MR) is 72.2 cm³/mol. The third-order valence-corrected chi connectivity index (χ3v) is 5.03. The van der Waals surface area contributed by atoms with Gasteiger partial charge in [0.05, 0.1) is 0 Å². The minimum atomic E-state index is -0.226. The van der Waals surface area contributed by atoms with E-state index in [-0.39, 0.29) is 15.9 Å². The molecule has 0 aromatic heterocycles. The van der Waals surface area contributed by atoms with Gasteiger partial charge in [-0.2, -0.15) is 0 Å². The van der Waals surface area contributed by atoms with Crippen LogP contribution in [0.15, 0.2) is 0 Å². The summed E-state index contributed by atoms with van der Waals surface area (Å²) in [6.07, 6.45) is 0.336. The van der Waals surface area contributed by atoms with Crippen molar-refractivity contribution in [3.63, 3.8) is 0 Å². The van der Waals surface area contributed by atoms with Crippen LogP contribution in [0.25, 0.3) is 0 Å². The molecule has 0 aromatic rings. The molecule has 0 amide bonds. The van der Waals surface area contributed by atoms with Crippen LogP contribution in [0.5, 0.6) is 0 Å². The van der Waals surface area contributed by atoms with Gasteiger partial charge >= 0.3 is 108 Å². The number of nitrogens with zero attached hydrogens (tertiary/aromatic N) is 3. The first-order valence-corrected chi connectivity index (χ1v) is 7.77. The van der Waals surface area contributed by atoms with Crippen molar-refractivity contribution < 1.29 is 0 Å². The van der Waals surface area contributed by atoms with Crippen LogP contribution in [0.1, 0.15) is 27.7 Å². The van der Waals surface area contributed by atoms with Gasteiger partial charge in [-0.25, -0.2) is 0 Å². The van der Waals surface area contributed by atoms with Crippen LogP contribution in [0.3, 0.4) is 0 Å². The molecule has 96 valence electrons. The molecule has 0 saturated heterocycles. The summed E-state index contributed by atoms with van der Waals surface area (Å²) in [7, 11) is 8.60. The van der Waals surface area contributed by atoms with Crippen molar-refractivity contribution in [3.8, 4) is 0 Å². The van der Waals surface area contributed by atoms with E-state index in [1.807, 2.05) is 0 Å². The first kappa shape index (κ1) is 16.4. The van der Waals surface area contributed by atoms with Gasteiger partial charge in [-0.05, 0) is 0 Å². The zero-order valence-corrected chi connectivity index (χ0v) is 14.2. The summed E-state index contributed by atoms with van der Waals surface area (Å²) in [5.41, 5.74) is 0. The molecule has 0 aliphatic carbocycles. The fraction of sp³-hybridized carbons (Fsp3) is 1.00. The zero-order valence-electron chi connectivity index (χ0n) is 12.1. The fourth-order valence-electron chi connectivity index (χ4n) is 1.46. The predicted octanol–water partition coefficient (Wildman–Crippen LogP) is 0.636. The van der Waals surface area contributed by atoms with Crippen molar-refractivity contribution in [2.75, 3.05) is 28.2 Å². The van der Waals surface area contributed by atoms with Gasteiger partial charge in [0.25, 0.3) is 0 Å². The summed E-state index contributed by atoms with van der Waals surface area (Å²) in [6, 6.07) is 1.07. The first-order chi connectivity index (χ1) is 7.25. The van der Waals surface area contributed by atoms with E-state index in [4.69, 9.17) is 0 Å². The molecule has 1 N–H and O–H groups in total. The molecule has 16 heavy (non-hydrogen) atoms. The molecular formula is C11H28GeN4. The average molecular weight is 289 g/mol. The molecule has 0 aliphatic heterocycles. The Morgan fingerprint density at radius 2 is 1.44 bits per heavy atom. The van der Waals surface area contributed by atoms with Gasteiger partial charge in [-0.1, -0.05) is 0 Å². The van der Waals surface area contributed by atoms with Crippen molar-refractivity contribution in [3.05, 3.63) is 0 Å². The normalized spacial score (nSPS) is 14.8. The maximum absolute atomic E-state index is 3.62. The Balaban J connectivity index is 4.66. The van der Waals surface area contributed by atoms with Crippen molar-refractivity contribution >= 4 is 15.9 Å². The van der Waals surface area contributed by atoms with E-state index in [0.717, 1.165) is 0 Å². The molecule has 0 aliphatic rings. The summed E-state index contributed by atoms with van der Waals surface area (Å²) in [5, 5.41) is 3.62. The van der Waals surface area contributed by atoms with Crippen LogP contribution in [0.2, 0.25) is 0 Å². The van der Waals surface area contributed by atoms with Crippen LogP contribution >= 0.6 is 0 Å². The van der Waals surface area contributed by atoms with Crippen molar-refractivity contribution in [1.82, 2.24) is 17.9 Å². The standard InChI is InChI=1S/C11H28GeN4/c1-9(2)13-11(14(5)6)16(10(3)4)12-15(7)8/h9-11,13H,1-8H3. The maximum atomic E-state index is 3.62. The van der Waals surface area contributed by atoms with E-state index in [0.29, 0.717) is 18.4 Å². The second-order valence-electron chi connectivity index (χ2n) is 5.15. The Hall–Kier alpha value is 0.383. The second-order valence-corrected chi connectivity index (χ2v) is 8.53. The molecule has 4 nitrogen and oxygen atoms in total. The average Bonchev–Trinajstić information content (AvgIpc) is 2.09. The molecule has 0 saturated carbocycles. The molecule has 1 unspecified atom stereocenters. The molecule has 0 rings (SSSR count). The van der Waals surface area contributed by atoms with Crippen LogP contribution < -0.4 is 5.32 Å². The molecule has 1 atom stereocenters. The summed E-state index contributed by atoms with van der Waals surface area (Å²) in [6.45, 7) is 8.94. The van der Waals surface area contributed by atoms with Gasteiger partial charge in [-0.3, -0.25) is 0 Å². The number of hydrogen-bond donors (Lipinski definition) is 1. The molecule has 5 heteroatoms. The molecule has 0 bridgehead atoms. The van der Waals surface area contributed by atoms with E-state index in [9.17, 15) is 0 Å². The third kappa shape index (κ3) is 6.20. The van der Waals surface area contributed by atoms with Gasteiger partial charge < -0.3 is 0 Å². The molecule has 0 spiro atoms. The van der Waals surface area contributed by atoms with E-state index in [2.05, 4.69) is 73.8 Å². The van der Waals surface area contributed by atoms with E-state index in [1.165, 1.54) is 0 Å². The van der Waals surface area contributed by atoms with Crippen LogP contribution in [0, 0.1) is 0 Å². The topological polar surface area (TPSA) is 21.8 Å². The van der Waals surface area contributed by atoms with E-state index >= 15 is 0 Å². The van der Waals surface area contributed by atoms with Gasteiger partial charge in [0.1, 0.15) is 0 Å². The Labute approximate surface area is 108 Å². The van der Waals surface area contributed by atoms with Gasteiger partial charge in [0, 0.05) is 0 Å². The Morgan fingerprint density at radius 3 is 1.69 bits per heavy atom. The summed E-state index contributed by atoms with van der Waals surface area (Å²) in [5.74, 6) is 0. The van der Waals surface area contributed by atoms with E-state index < -0.39 is 0 Å². The monoisotopic (exact) mass is 290 g/mol. The molecule has 0 fully saturated rings. The van der Waals surface area contributed by atoms with Crippen LogP contribution in [-0.2, 0) is 0 Å². The summed E-state index contributed by atoms with van der Waals surface area (Å²) in [4.78, 5) is 2.26. The molecule has 2 radical (unpaired) electrons. The molecular weight excluding hydrogens is 261 g/mol. The summed E-state index contributed by atoms with van der Waals surface area (Å²) < 4.78 is 4.90. The molecule has 0 aromatic carbocycles. The fourth-order valence-corrected chi connectivity index (χ4v) is 3.78. The number of rotatable bonds is 7. The Kier molecular flexibility index (Phi) is 7.84. The van der Waals surface area contributed by atoms with Gasteiger partial charge in [0.15, 0.2) is 0 Å². The van der Waals surface area contributed by atoms with Gasteiger partial charge in [-0.15, -0.1) is 0 Å². The van der Waals surface area contributed by atoms with Crippen molar-refractivity contribution in [1.29, 1.82) is 0 Å². The van der Waals surface area contributed by atoms with Crippen molar-refractivity contribution in [2.45, 2.75) is 46.1 Å². The zero-order chi connectivity index (χ0) is 12.9. The molecule has 0 heterocycles. The number of hydrogen-bond acceptors (Lipinski definition) is 4. The van der Waals surface area contributed by atoms with Gasteiger partial charge in [0.2, 0.25) is 0 Å².